The maximum Gasteiger partial charge on any atom is 0.204 e. The molecule has 4 aromatic rings. The third-order valence-corrected chi connectivity index (χ3v) is 5.28. The quantitative estimate of drug-likeness (QED) is 0.401. The minimum atomic E-state index is 0.290. The summed E-state index contributed by atoms with van der Waals surface area (Å²) in [5, 5.41) is 12.6. The van der Waals surface area contributed by atoms with E-state index in [1.165, 1.54) is 11.1 Å². The minimum absolute atomic E-state index is 0.290. The summed E-state index contributed by atoms with van der Waals surface area (Å²) in [5.41, 5.74) is 4.43. The van der Waals surface area contributed by atoms with Crippen molar-refractivity contribution in [1.29, 1.82) is 0 Å². The summed E-state index contributed by atoms with van der Waals surface area (Å²) < 4.78 is 5.88. The third-order valence-electron chi connectivity index (χ3n) is 5.28. The summed E-state index contributed by atoms with van der Waals surface area (Å²) in [6.07, 6.45) is 1.78. The lowest BCUT2D eigenvalue weighted by atomic mass is 9.82. The van der Waals surface area contributed by atoms with Crippen LogP contribution in [0.5, 0.6) is 5.75 Å². The van der Waals surface area contributed by atoms with E-state index in [4.69, 9.17) is 4.74 Å². The van der Waals surface area contributed by atoms with Gasteiger partial charge < -0.3 is 4.74 Å². The Labute approximate surface area is 182 Å². The predicted molar refractivity (Wildman–Crippen MR) is 121 cm³/mol. The van der Waals surface area contributed by atoms with Crippen LogP contribution in [0.2, 0.25) is 0 Å². The second-order valence-corrected chi connectivity index (χ2v) is 7.82. The Morgan fingerprint density at radius 2 is 1.61 bits per heavy atom. The van der Waals surface area contributed by atoms with Crippen molar-refractivity contribution in [3.8, 4) is 17.1 Å². The SMILES string of the molecule is CCn1nnc(-c2ccc(C(c3ccc(OCc4ccccn4)cc3)C(C)C)cc2)n1. The molecule has 0 aliphatic carbocycles. The maximum atomic E-state index is 5.88. The van der Waals surface area contributed by atoms with Gasteiger partial charge in [-0.2, -0.15) is 4.80 Å². The molecule has 0 saturated carbocycles. The van der Waals surface area contributed by atoms with Gasteiger partial charge in [-0.1, -0.05) is 56.3 Å². The van der Waals surface area contributed by atoms with E-state index in [1.54, 1.807) is 11.0 Å². The van der Waals surface area contributed by atoms with Crippen LogP contribution in [0.1, 0.15) is 43.5 Å². The molecule has 2 heterocycles. The fraction of sp³-hybridized carbons (Fsp3) is 0.280. The molecule has 0 aliphatic rings. The van der Waals surface area contributed by atoms with Crippen LogP contribution in [0.15, 0.2) is 72.9 Å². The number of hydrogen-bond donors (Lipinski definition) is 0. The molecular formula is C25H27N5O. The monoisotopic (exact) mass is 413 g/mol. The van der Waals surface area contributed by atoms with Gasteiger partial charge in [0.1, 0.15) is 12.4 Å². The molecule has 0 amide bonds. The van der Waals surface area contributed by atoms with Crippen LogP contribution in [0.4, 0.5) is 0 Å². The van der Waals surface area contributed by atoms with Crippen molar-refractivity contribution < 1.29 is 4.74 Å². The van der Waals surface area contributed by atoms with Crippen LogP contribution >= 0.6 is 0 Å². The van der Waals surface area contributed by atoms with E-state index in [0.29, 0.717) is 24.9 Å². The zero-order valence-corrected chi connectivity index (χ0v) is 18.1. The molecule has 2 aromatic heterocycles. The van der Waals surface area contributed by atoms with Crippen molar-refractivity contribution in [2.75, 3.05) is 0 Å². The first-order chi connectivity index (χ1) is 15.1. The lowest BCUT2D eigenvalue weighted by molar-refractivity contribution is 0.301. The number of pyridine rings is 1. The standard InChI is InChI=1S/C25H27N5O/c1-4-30-28-25(27-29-30)21-10-8-19(9-11-21)24(18(2)3)20-12-14-23(15-13-20)31-17-22-7-5-6-16-26-22/h5-16,18,24H,4,17H2,1-3H3. The molecule has 0 fully saturated rings. The molecular weight excluding hydrogens is 386 g/mol. The molecule has 0 N–H and O–H groups in total. The topological polar surface area (TPSA) is 65.7 Å². The van der Waals surface area contributed by atoms with Crippen LogP contribution in [0.3, 0.4) is 0 Å². The van der Waals surface area contributed by atoms with Crippen molar-refractivity contribution in [2.24, 2.45) is 5.92 Å². The zero-order valence-electron chi connectivity index (χ0n) is 18.1. The van der Waals surface area contributed by atoms with E-state index in [-0.39, 0.29) is 5.92 Å². The van der Waals surface area contributed by atoms with Gasteiger partial charge in [0.15, 0.2) is 0 Å². The highest BCUT2D eigenvalue weighted by Crippen LogP contribution is 2.33. The highest BCUT2D eigenvalue weighted by molar-refractivity contribution is 5.55. The van der Waals surface area contributed by atoms with Crippen molar-refractivity contribution in [1.82, 2.24) is 25.2 Å². The summed E-state index contributed by atoms with van der Waals surface area (Å²) in [6.45, 7) is 7.67. The molecule has 2 aromatic carbocycles. The Morgan fingerprint density at radius 1 is 0.903 bits per heavy atom. The number of hydrogen-bond acceptors (Lipinski definition) is 5. The van der Waals surface area contributed by atoms with Crippen molar-refractivity contribution >= 4 is 0 Å². The van der Waals surface area contributed by atoms with E-state index < -0.39 is 0 Å². The zero-order chi connectivity index (χ0) is 21.6. The average molecular weight is 414 g/mol. The highest BCUT2D eigenvalue weighted by atomic mass is 16.5. The Balaban J connectivity index is 1.49. The molecule has 158 valence electrons. The van der Waals surface area contributed by atoms with Gasteiger partial charge >= 0.3 is 0 Å². The Bertz CT molecular complexity index is 1090. The van der Waals surface area contributed by atoms with Crippen molar-refractivity contribution in [2.45, 2.75) is 39.8 Å². The fourth-order valence-electron chi connectivity index (χ4n) is 3.71. The molecule has 6 heteroatoms. The molecule has 31 heavy (non-hydrogen) atoms. The number of ether oxygens (including phenoxy) is 1. The van der Waals surface area contributed by atoms with E-state index in [9.17, 15) is 0 Å². The molecule has 0 spiro atoms. The maximum absolute atomic E-state index is 5.88. The summed E-state index contributed by atoms with van der Waals surface area (Å²) in [5.74, 6) is 2.24. The summed E-state index contributed by atoms with van der Waals surface area (Å²) in [7, 11) is 0. The normalized spacial score (nSPS) is 12.1. The number of benzene rings is 2. The van der Waals surface area contributed by atoms with E-state index in [2.05, 4.69) is 70.6 Å². The second kappa shape index (κ2) is 9.51. The summed E-state index contributed by atoms with van der Waals surface area (Å²) in [6, 6.07) is 22.7. The number of rotatable bonds is 8. The summed E-state index contributed by atoms with van der Waals surface area (Å²) >= 11 is 0. The van der Waals surface area contributed by atoms with Gasteiger partial charge in [0, 0.05) is 17.7 Å². The number of nitrogens with zero attached hydrogens (tertiary/aromatic N) is 5. The van der Waals surface area contributed by atoms with Crippen molar-refractivity contribution in [3.63, 3.8) is 0 Å². The van der Waals surface area contributed by atoms with Crippen LogP contribution < -0.4 is 4.74 Å². The van der Waals surface area contributed by atoms with Crippen LogP contribution in [-0.4, -0.2) is 25.2 Å². The van der Waals surface area contributed by atoms with Crippen LogP contribution in [0, 0.1) is 5.92 Å². The van der Waals surface area contributed by atoms with Gasteiger partial charge in [0.05, 0.1) is 12.2 Å². The Morgan fingerprint density at radius 3 is 2.19 bits per heavy atom. The van der Waals surface area contributed by atoms with Gasteiger partial charge in [-0.25, -0.2) is 0 Å². The molecule has 4 rings (SSSR count). The minimum Gasteiger partial charge on any atom is -0.487 e. The molecule has 0 bridgehead atoms. The van der Waals surface area contributed by atoms with E-state index in [1.807, 2.05) is 37.3 Å². The molecule has 0 radical (unpaired) electrons. The first kappa shape index (κ1) is 20.7. The van der Waals surface area contributed by atoms with Gasteiger partial charge in [0.25, 0.3) is 0 Å². The number of tetrazole rings is 1. The van der Waals surface area contributed by atoms with E-state index >= 15 is 0 Å². The van der Waals surface area contributed by atoms with Crippen LogP contribution in [-0.2, 0) is 13.2 Å². The lowest BCUT2D eigenvalue weighted by Gasteiger charge is -2.22. The highest BCUT2D eigenvalue weighted by Gasteiger charge is 2.19. The van der Waals surface area contributed by atoms with Gasteiger partial charge in [0.2, 0.25) is 5.82 Å². The second-order valence-electron chi connectivity index (χ2n) is 7.82. The number of aromatic nitrogens is 5. The van der Waals surface area contributed by atoms with Crippen LogP contribution in [0.25, 0.3) is 11.4 Å². The predicted octanol–water partition coefficient (Wildman–Crippen LogP) is 5.12. The lowest BCUT2D eigenvalue weighted by Crippen LogP contribution is -2.08. The first-order valence-corrected chi connectivity index (χ1v) is 10.6. The smallest absolute Gasteiger partial charge is 0.204 e. The van der Waals surface area contributed by atoms with E-state index in [0.717, 1.165) is 17.0 Å². The average Bonchev–Trinajstić information content (AvgIpc) is 3.29. The van der Waals surface area contributed by atoms with Gasteiger partial charge in [-0.05, 0) is 53.4 Å². The molecule has 0 aliphatic heterocycles. The Kier molecular flexibility index (Phi) is 6.36. The summed E-state index contributed by atoms with van der Waals surface area (Å²) in [4.78, 5) is 5.89. The van der Waals surface area contributed by atoms with Gasteiger partial charge in [-0.15, -0.1) is 10.2 Å². The fourth-order valence-corrected chi connectivity index (χ4v) is 3.71. The number of aryl methyl sites for hydroxylation is 1. The molecule has 1 unspecified atom stereocenters. The molecule has 1 atom stereocenters. The largest absolute Gasteiger partial charge is 0.487 e. The molecule has 0 saturated heterocycles. The van der Waals surface area contributed by atoms with Gasteiger partial charge in [-0.3, -0.25) is 4.98 Å². The third kappa shape index (κ3) is 4.97. The Hall–Kier alpha value is -3.54. The first-order valence-electron chi connectivity index (χ1n) is 10.6. The molecule has 6 nitrogen and oxygen atoms in total. The van der Waals surface area contributed by atoms with Crippen molar-refractivity contribution in [3.05, 3.63) is 89.7 Å².